The summed E-state index contributed by atoms with van der Waals surface area (Å²) >= 11 is 0. The third kappa shape index (κ3) is 3.63. The topological polar surface area (TPSA) is 91.2 Å². The van der Waals surface area contributed by atoms with E-state index in [0.717, 1.165) is 0 Å². The van der Waals surface area contributed by atoms with Crippen molar-refractivity contribution in [2.75, 3.05) is 6.61 Å². The molecule has 0 spiro atoms. The van der Waals surface area contributed by atoms with Gasteiger partial charge in [-0.25, -0.2) is 0 Å². The molecule has 2 rings (SSSR count). The molecule has 6 heteroatoms. The van der Waals surface area contributed by atoms with E-state index in [1.165, 1.54) is 0 Å². The molecule has 2 aromatic heterocycles. The summed E-state index contributed by atoms with van der Waals surface area (Å²) in [4.78, 5) is 12.5. The van der Waals surface area contributed by atoms with E-state index in [1.54, 1.807) is 23.9 Å². The van der Waals surface area contributed by atoms with Gasteiger partial charge in [-0.15, -0.1) is 0 Å². The van der Waals surface area contributed by atoms with Gasteiger partial charge in [0.2, 0.25) is 5.88 Å². The Hall–Kier alpha value is -2.52. The number of nitriles is 1. The Kier molecular flexibility index (Phi) is 5.24. The molecule has 0 aliphatic heterocycles. The van der Waals surface area contributed by atoms with Crippen LogP contribution in [0.15, 0.2) is 28.9 Å². The Labute approximate surface area is 135 Å². The highest BCUT2D eigenvalue weighted by Gasteiger charge is 2.26. The maximum atomic E-state index is 12.5. The number of nitrogens with one attached hydrogen (secondary N) is 1. The predicted molar refractivity (Wildman–Crippen MR) is 85.3 cm³/mol. The van der Waals surface area contributed by atoms with Crippen LogP contribution in [0.2, 0.25) is 0 Å². The van der Waals surface area contributed by atoms with Gasteiger partial charge in [0.05, 0.1) is 12.6 Å². The number of aryl methyl sites for hydroxylation is 1. The zero-order chi connectivity index (χ0) is 17.0. The van der Waals surface area contributed by atoms with Crippen molar-refractivity contribution in [3.63, 3.8) is 0 Å². The summed E-state index contributed by atoms with van der Waals surface area (Å²) in [5, 5.41) is 21.6. The molecule has 6 nitrogen and oxygen atoms in total. The first-order chi connectivity index (χ1) is 11.0. The van der Waals surface area contributed by atoms with E-state index < -0.39 is 5.91 Å². The molecule has 0 bridgehead atoms. The smallest absolute Gasteiger partial charge is 0.256 e. The van der Waals surface area contributed by atoms with Crippen LogP contribution in [0.3, 0.4) is 0 Å². The highest BCUT2D eigenvalue weighted by molar-refractivity contribution is 5.98. The molecule has 0 aromatic carbocycles. The maximum absolute atomic E-state index is 12.5. The lowest BCUT2D eigenvalue weighted by molar-refractivity contribution is 0.0906. The van der Waals surface area contributed by atoms with E-state index in [-0.39, 0.29) is 23.8 Å². The number of aromatic nitrogens is 1. The van der Waals surface area contributed by atoms with Crippen LogP contribution in [0.5, 0.6) is 0 Å². The Bertz CT molecular complexity index is 708. The molecule has 0 aliphatic rings. The van der Waals surface area contributed by atoms with Gasteiger partial charge in [0.15, 0.2) is 0 Å². The molecule has 0 radical (unpaired) electrons. The van der Waals surface area contributed by atoms with Crippen LogP contribution in [0, 0.1) is 24.2 Å². The summed E-state index contributed by atoms with van der Waals surface area (Å²) in [7, 11) is 0. The van der Waals surface area contributed by atoms with Crippen molar-refractivity contribution in [3.05, 3.63) is 41.4 Å². The van der Waals surface area contributed by atoms with Gasteiger partial charge in [-0.05, 0) is 31.4 Å². The lowest BCUT2D eigenvalue weighted by Gasteiger charge is -2.18. The molecule has 2 heterocycles. The minimum atomic E-state index is -0.402. The summed E-state index contributed by atoms with van der Waals surface area (Å²) in [6, 6.07) is 5.32. The first kappa shape index (κ1) is 16.8. The largest absolute Gasteiger partial charge is 0.443 e. The fourth-order valence-electron chi connectivity index (χ4n) is 2.56. The van der Waals surface area contributed by atoms with E-state index >= 15 is 0 Å². The summed E-state index contributed by atoms with van der Waals surface area (Å²) < 4.78 is 7.27. The van der Waals surface area contributed by atoms with E-state index in [0.29, 0.717) is 24.0 Å². The highest BCUT2D eigenvalue weighted by atomic mass is 16.4. The maximum Gasteiger partial charge on any atom is 0.256 e. The zero-order valence-electron chi connectivity index (χ0n) is 13.5. The molecule has 1 atom stereocenters. The lowest BCUT2D eigenvalue weighted by atomic mass is 10.0. The number of aliphatic hydroxyl groups is 1. The Balaban J connectivity index is 2.32. The Morgan fingerprint density at radius 2 is 2.09 bits per heavy atom. The molecule has 0 saturated heterocycles. The zero-order valence-corrected chi connectivity index (χ0v) is 13.5. The van der Waals surface area contributed by atoms with Crippen molar-refractivity contribution in [2.45, 2.75) is 33.2 Å². The van der Waals surface area contributed by atoms with Gasteiger partial charge in [0, 0.05) is 12.4 Å². The van der Waals surface area contributed by atoms with Crippen LogP contribution >= 0.6 is 0 Å². The van der Waals surface area contributed by atoms with Crippen LogP contribution in [0.25, 0.3) is 5.88 Å². The number of furan rings is 1. The van der Waals surface area contributed by atoms with Gasteiger partial charge in [0.25, 0.3) is 5.91 Å². The first-order valence-electron chi connectivity index (χ1n) is 7.56. The fraction of sp³-hybridized carbons (Fsp3) is 0.412. The molecular formula is C17H21N3O3. The quantitative estimate of drug-likeness (QED) is 0.856. The number of rotatable bonds is 6. The summed E-state index contributed by atoms with van der Waals surface area (Å²) in [5.41, 5.74) is 0.413. The van der Waals surface area contributed by atoms with E-state index in [4.69, 9.17) is 4.42 Å². The van der Waals surface area contributed by atoms with Crippen LogP contribution in [0.4, 0.5) is 0 Å². The molecule has 2 aromatic rings. The number of hydrogen-bond acceptors (Lipinski definition) is 4. The van der Waals surface area contributed by atoms with Crippen LogP contribution in [-0.4, -0.2) is 28.2 Å². The number of carbonyl (C=O) groups is 1. The number of hydrogen-bond donors (Lipinski definition) is 2. The minimum Gasteiger partial charge on any atom is -0.443 e. The number of carbonyl (C=O) groups excluding carboxylic acids is 1. The fourth-order valence-corrected chi connectivity index (χ4v) is 2.56. The number of amides is 1. The Morgan fingerprint density at radius 3 is 2.61 bits per heavy atom. The van der Waals surface area contributed by atoms with Gasteiger partial charge >= 0.3 is 0 Å². The second-order valence-corrected chi connectivity index (χ2v) is 5.90. The molecular weight excluding hydrogens is 294 g/mol. The van der Waals surface area contributed by atoms with Crippen molar-refractivity contribution < 1.29 is 14.3 Å². The summed E-state index contributed by atoms with van der Waals surface area (Å²) in [5.74, 6) is 0.637. The number of aliphatic hydroxyl groups excluding tert-OH is 1. The van der Waals surface area contributed by atoms with Gasteiger partial charge in [0.1, 0.15) is 23.0 Å². The van der Waals surface area contributed by atoms with Crippen LogP contribution in [0.1, 0.15) is 41.9 Å². The average molecular weight is 315 g/mol. The van der Waals surface area contributed by atoms with Crippen LogP contribution in [-0.2, 0) is 0 Å². The van der Waals surface area contributed by atoms with Gasteiger partial charge < -0.3 is 14.8 Å². The van der Waals surface area contributed by atoms with Crippen molar-refractivity contribution in [2.24, 2.45) is 5.92 Å². The van der Waals surface area contributed by atoms with E-state index in [2.05, 4.69) is 5.32 Å². The SMILES string of the molecule is Cc1oc(-n2cccc2)c(C#N)c1C(=O)NC(CO)CC(C)C. The highest BCUT2D eigenvalue weighted by Crippen LogP contribution is 2.25. The molecule has 1 unspecified atom stereocenters. The predicted octanol–water partition coefficient (Wildman–Crippen LogP) is 2.39. The van der Waals surface area contributed by atoms with Crippen molar-refractivity contribution >= 4 is 5.91 Å². The summed E-state index contributed by atoms with van der Waals surface area (Å²) in [6.45, 7) is 5.54. The van der Waals surface area contributed by atoms with E-state index in [9.17, 15) is 15.2 Å². The molecule has 2 N–H and O–H groups in total. The molecule has 23 heavy (non-hydrogen) atoms. The number of nitrogens with zero attached hydrogens (tertiary/aromatic N) is 2. The molecule has 0 fully saturated rings. The summed E-state index contributed by atoms with van der Waals surface area (Å²) in [6.07, 6.45) is 4.15. The monoisotopic (exact) mass is 315 g/mol. The molecule has 122 valence electrons. The van der Waals surface area contributed by atoms with E-state index in [1.807, 2.05) is 32.0 Å². The van der Waals surface area contributed by atoms with Crippen LogP contribution < -0.4 is 5.32 Å². The molecule has 0 saturated carbocycles. The van der Waals surface area contributed by atoms with Gasteiger partial charge in [-0.2, -0.15) is 5.26 Å². The van der Waals surface area contributed by atoms with Crippen molar-refractivity contribution in [3.8, 4) is 12.0 Å². The Morgan fingerprint density at radius 1 is 1.43 bits per heavy atom. The van der Waals surface area contributed by atoms with Crippen molar-refractivity contribution in [1.82, 2.24) is 9.88 Å². The average Bonchev–Trinajstić information content (AvgIpc) is 3.12. The second-order valence-electron chi connectivity index (χ2n) is 5.90. The molecule has 1 amide bonds. The third-order valence-corrected chi connectivity index (χ3v) is 3.56. The molecule has 0 aliphatic carbocycles. The standard InChI is InChI=1S/C17H21N3O3/c1-11(2)8-13(10-21)19-16(22)15-12(3)23-17(14(15)9-18)20-6-4-5-7-20/h4-7,11,13,21H,8,10H2,1-3H3,(H,19,22). The normalized spacial score (nSPS) is 12.2. The minimum absolute atomic E-state index is 0.146. The van der Waals surface area contributed by atoms with Crippen molar-refractivity contribution in [1.29, 1.82) is 5.26 Å². The van der Waals surface area contributed by atoms with Gasteiger partial charge in [-0.3, -0.25) is 9.36 Å². The third-order valence-electron chi connectivity index (χ3n) is 3.56. The lowest BCUT2D eigenvalue weighted by Crippen LogP contribution is -2.38. The van der Waals surface area contributed by atoms with Gasteiger partial charge in [-0.1, -0.05) is 13.8 Å². The second kappa shape index (κ2) is 7.16. The first-order valence-corrected chi connectivity index (χ1v) is 7.56.